The molecule has 1 aromatic heterocycles. The first-order valence-electron chi connectivity index (χ1n) is 10.9. The van der Waals surface area contributed by atoms with E-state index < -0.39 is 0 Å². The van der Waals surface area contributed by atoms with Crippen molar-refractivity contribution in [1.82, 2.24) is 4.98 Å². The second-order valence-electron chi connectivity index (χ2n) is 8.49. The predicted octanol–water partition coefficient (Wildman–Crippen LogP) is 6.25. The van der Waals surface area contributed by atoms with Crippen LogP contribution in [-0.2, 0) is 6.42 Å². The van der Waals surface area contributed by atoms with Gasteiger partial charge in [-0.15, -0.1) is 0 Å². The number of hydrogen-bond acceptors (Lipinski definition) is 3. The number of benzene rings is 2. The maximum atomic E-state index is 12.6. The molecule has 0 aliphatic heterocycles. The summed E-state index contributed by atoms with van der Waals surface area (Å²) in [6, 6.07) is 20.8. The highest BCUT2D eigenvalue weighted by Crippen LogP contribution is 2.45. The summed E-state index contributed by atoms with van der Waals surface area (Å²) in [6.07, 6.45) is 6.86. The monoisotopic (exact) mass is 398 g/mol. The summed E-state index contributed by atoms with van der Waals surface area (Å²) in [6.45, 7) is 4.25. The molecule has 1 aliphatic rings. The summed E-state index contributed by atoms with van der Waals surface area (Å²) >= 11 is 0. The molecule has 30 heavy (non-hydrogen) atoms. The van der Waals surface area contributed by atoms with Gasteiger partial charge in [0.05, 0.1) is 0 Å². The maximum absolute atomic E-state index is 12.6. The van der Waals surface area contributed by atoms with Gasteiger partial charge in [0.25, 0.3) is 0 Å². The van der Waals surface area contributed by atoms with Crippen molar-refractivity contribution in [1.29, 1.82) is 0 Å². The van der Waals surface area contributed by atoms with Crippen LogP contribution in [0.1, 0.15) is 54.2 Å². The molecule has 1 heterocycles. The molecule has 0 spiro atoms. The highest BCUT2D eigenvalue weighted by atomic mass is 16.1. The molecule has 2 aromatic carbocycles. The highest BCUT2D eigenvalue weighted by molar-refractivity contribution is 5.96. The zero-order valence-corrected chi connectivity index (χ0v) is 18.2. The minimum atomic E-state index is 0.174. The van der Waals surface area contributed by atoms with Crippen molar-refractivity contribution in [2.24, 2.45) is 0 Å². The third-order valence-corrected chi connectivity index (χ3v) is 6.60. The van der Waals surface area contributed by atoms with Gasteiger partial charge < -0.3 is 4.90 Å². The van der Waals surface area contributed by atoms with E-state index in [2.05, 4.69) is 48.1 Å². The number of anilines is 1. The minimum Gasteiger partial charge on any atom is -0.369 e. The Morgan fingerprint density at radius 2 is 1.60 bits per heavy atom. The van der Waals surface area contributed by atoms with Gasteiger partial charge in [0.1, 0.15) is 0 Å². The molecule has 0 saturated heterocycles. The van der Waals surface area contributed by atoms with Crippen LogP contribution in [0.2, 0.25) is 0 Å². The summed E-state index contributed by atoms with van der Waals surface area (Å²) in [4.78, 5) is 19.3. The molecule has 1 aliphatic carbocycles. The molecule has 154 valence electrons. The molecular weight excluding hydrogens is 368 g/mol. The molecule has 3 aromatic rings. The SMILES string of the molecule is CCC1(N(C)c2ccc(-c3ccc(C(=O)CCc4ccc(C)nc4)cc3)cc2)CC1. The van der Waals surface area contributed by atoms with E-state index in [-0.39, 0.29) is 5.78 Å². The molecule has 4 rings (SSSR count). The number of nitrogens with zero attached hydrogens (tertiary/aromatic N) is 2. The van der Waals surface area contributed by atoms with Gasteiger partial charge in [-0.05, 0) is 67.5 Å². The topological polar surface area (TPSA) is 33.2 Å². The summed E-state index contributed by atoms with van der Waals surface area (Å²) in [5.41, 5.74) is 6.84. The average molecular weight is 399 g/mol. The number of aromatic nitrogens is 1. The van der Waals surface area contributed by atoms with Gasteiger partial charge in [-0.1, -0.05) is 49.4 Å². The van der Waals surface area contributed by atoms with Gasteiger partial charge in [0, 0.05) is 42.1 Å². The van der Waals surface area contributed by atoms with Crippen LogP contribution < -0.4 is 4.90 Å². The van der Waals surface area contributed by atoms with Crippen molar-refractivity contribution >= 4 is 11.5 Å². The lowest BCUT2D eigenvalue weighted by molar-refractivity contribution is 0.0983. The van der Waals surface area contributed by atoms with Gasteiger partial charge in [-0.25, -0.2) is 0 Å². The molecule has 0 radical (unpaired) electrons. The summed E-state index contributed by atoms with van der Waals surface area (Å²) in [5.74, 6) is 0.174. The molecule has 0 N–H and O–H groups in total. The van der Waals surface area contributed by atoms with Gasteiger partial charge >= 0.3 is 0 Å². The Labute approximate surface area is 179 Å². The average Bonchev–Trinajstić information content (AvgIpc) is 3.60. The number of ketones is 1. The van der Waals surface area contributed by atoms with Crippen LogP contribution in [0.15, 0.2) is 66.9 Å². The van der Waals surface area contributed by atoms with E-state index >= 15 is 0 Å². The Morgan fingerprint density at radius 1 is 0.967 bits per heavy atom. The zero-order chi connectivity index (χ0) is 21.1. The lowest BCUT2D eigenvalue weighted by atomic mass is 9.99. The number of aryl methyl sites for hydroxylation is 2. The Bertz CT molecular complexity index is 1000. The van der Waals surface area contributed by atoms with E-state index in [9.17, 15) is 4.79 Å². The Hall–Kier alpha value is -2.94. The maximum Gasteiger partial charge on any atom is 0.163 e. The third kappa shape index (κ3) is 4.30. The fraction of sp³-hybridized carbons (Fsp3) is 0.333. The summed E-state index contributed by atoms with van der Waals surface area (Å²) < 4.78 is 0. The fourth-order valence-corrected chi connectivity index (χ4v) is 4.12. The number of carbonyl (C=O) groups excluding carboxylic acids is 1. The summed E-state index contributed by atoms with van der Waals surface area (Å²) in [5, 5.41) is 0. The van der Waals surface area contributed by atoms with Crippen LogP contribution in [0.5, 0.6) is 0 Å². The minimum absolute atomic E-state index is 0.174. The Morgan fingerprint density at radius 3 is 2.13 bits per heavy atom. The second-order valence-corrected chi connectivity index (χ2v) is 8.49. The van der Waals surface area contributed by atoms with Crippen LogP contribution in [0, 0.1) is 6.92 Å². The van der Waals surface area contributed by atoms with Crippen molar-refractivity contribution in [3.63, 3.8) is 0 Å². The molecule has 0 bridgehead atoms. The first kappa shape index (κ1) is 20.3. The normalized spacial score (nSPS) is 14.4. The third-order valence-electron chi connectivity index (χ3n) is 6.60. The molecule has 3 nitrogen and oxygen atoms in total. The van der Waals surface area contributed by atoms with Crippen molar-refractivity contribution in [2.75, 3.05) is 11.9 Å². The zero-order valence-electron chi connectivity index (χ0n) is 18.2. The van der Waals surface area contributed by atoms with E-state index in [0.29, 0.717) is 12.0 Å². The smallest absolute Gasteiger partial charge is 0.163 e. The van der Waals surface area contributed by atoms with Crippen molar-refractivity contribution in [3.05, 3.63) is 83.7 Å². The molecular formula is C27H30N2O. The predicted molar refractivity (Wildman–Crippen MR) is 124 cm³/mol. The number of carbonyl (C=O) groups is 1. The van der Waals surface area contributed by atoms with Crippen LogP contribution in [0.25, 0.3) is 11.1 Å². The van der Waals surface area contributed by atoms with E-state index in [4.69, 9.17) is 0 Å². The van der Waals surface area contributed by atoms with E-state index in [0.717, 1.165) is 28.8 Å². The van der Waals surface area contributed by atoms with Crippen molar-refractivity contribution in [2.45, 2.75) is 51.5 Å². The lowest BCUT2D eigenvalue weighted by Crippen LogP contribution is -2.32. The Balaban J connectivity index is 1.39. The molecule has 0 unspecified atom stereocenters. The molecule has 0 atom stereocenters. The van der Waals surface area contributed by atoms with Crippen molar-refractivity contribution < 1.29 is 4.79 Å². The van der Waals surface area contributed by atoms with E-state index in [1.165, 1.54) is 30.5 Å². The molecule has 1 fully saturated rings. The van der Waals surface area contributed by atoms with E-state index in [1.54, 1.807) is 0 Å². The number of pyridine rings is 1. The largest absolute Gasteiger partial charge is 0.369 e. The first-order valence-corrected chi connectivity index (χ1v) is 10.9. The number of Topliss-reactive ketones (excluding diaryl/α,β-unsaturated/α-hetero) is 1. The second kappa shape index (κ2) is 8.43. The number of hydrogen-bond donors (Lipinski definition) is 0. The van der Waals surface area contributed by atoms with E-state index in [1.807, 2.05) is 49.5 Å². The Kier molecular flexibility index (Phi) is 5.72. The van der Waals surface area contributed by atoms with Crippen molar-refractivity contribution in [3.8, 4) is 11.1 Å². The van der Waals surface area contributed by atoms with Gasteiger partial charge in [0.15, 0.2) is 5.78 Å². The van der Waals surface area contributed by atoms with Crippen LogP contribution >= 0.6 is 0 Å². The molecule has 3 heteroatoms. The standard InChI is InChI=1S/C27H30N2O/c1-4-27(17-18-27)29(3)25-14-12-23(13-15-25)22-8-10-24(11-9-22)26(30)16-7-21-6-5-20(2)28-19-21/h5-6,8-15,19H,4,7,16-18H2,1-3H3. The van der Waals surface area contributed by atoms with Gasteiger partial charge in [-0.2, -0.15) is 0 Å². The summed E-state index contributed by atoms with van der Waals surface area (Å²) in [7, 11) is 2.21. The lowest BCUT2D eigenvalue weighted by Gasteiger charge is -2.29. The van der Waals surface area contributed by atoms with Crippen LogP contribution in [0.4, 0.5) is 5.69 Å². The molecule has 0 amide bonds. The quantitative estimate of drug-likeness (QED) is 0.420. The first-order chi connectivity index (χ1) is 14.5. The van der Waals surface area contributed by atoms with Gasteiger partial charge in [-0.3, -0.25) is 9.78 Å². The van der Waals surface area contributed by atoms with Crippen LogP contribution in [-0.4, -0.2) is 23.4 Å². The highest BCUT2D eigenvalue weighted by Gasteiger charge is 2.44. The van der Waals surface area contributed by atoms with Crippen LogP contribution in [0.3, 0.4) is 0 Å². The number of rotatable bonds is 8. The van der Waals surface area contributed by atoms with Gasteiger partial charge in [0.2, 0.25) is 0 Å². The molecule has 1 saturated carbocycles. The fourth-order valence-electron chi connectivity index (χ4n) is 4.12.